The molecular weight excluding hydrogens is 216 g/mol. The van der Waals surface area contributed by atoms with Crippen LogP contribution in [0.3, 0.4) is 0 Å². The van der Waals surface area contributed by atoms with Crippen LogP contribution in [0.4, 0.5) is 4.79 Å². The Morgan fingerprint density at radius 2 is 2.24 bits per heavy atom. The van der Waals surface area contributed by atoms with Crippen molar-refractivity contribution in [1.82, 2.24) is 10.6 Å². The molecule has 1 saturated heterocycles. The molecule has 2 atom stereocenters. The molecule has 17 heavy (non-hydrogen) atoms. The highest BCUT2D eigenvalue weighted by atomic mass is 16.6. The lowest BCUT2D eigenvalue weighted by Crippen LogP contribution is -2.37. The topological polar surface area (TPSA) is 50.4 Å². The van der Waals surface area contributed by atoms with Crippen molar-refractivity contribution >= 4 is 6.09 Å². The summed E-state index contributed by atoms with van der Waals surface area (Å²) in [4.78, 5) is 11.5. The van der Waals surface area contributed by atoms with Crippen molar-refractivity contribution in [2.45, 2.75) is 58.6 Å². The number of ether oxygens (including phenoxy) is 1. The molecule has 0 aromatic rings. The van der Waals surface area contributed by atoms with Crippen molar-refractivity contribution in [3.63, 3.8) is 0 Å². The van der Waals surface area contributed by atoms with Crippen LogP contribution in [0.1, 0.15) is 47.0 Å². The highest BCUT2D eigenvalue weighted by Crippen LogP contribution is 2.15. The molecule has 0 aromatic carbocycles. The van der Waals surface area contributed by atoms with Crippen molar-refractivity contribution in [3.05, 3.63) is 0 Å². The summed E-state index contributed by atoms with van der Waals surface area (Å²) in [6.45, 7) is 9.92. The second kappa shape index (κ2) is 6.24. The van der Waals surface area contributed by atoms with E-state index in [2.05, 4.69) is 10.6 Å². The fraction of sp³-hybridized carbons (Fsp3) is 0.923. The van der Waals surface area contributed by atoms with Gasteiger partial charge in [-0.05, 0) is 66.0 Å². The van der Waals surface area contributed by atoms with Gasteiger partial charge in [0.15, 0.2) is 0 Å². The first-order valence-electron chi connectivity index (χ1n) is 6.57. The van der Waals surface area contributed by atoms with Crippen molar-refractivity contribution in [2.24, 2.45) is 5.92 Å². The summed E-state index contributed by atoms with van der Waals surface area (Å²) in [5, 5.41) is 6.23. The molecule has 0 aliphatic carbocycles. The Morgan fingerprint density at radius 3 is 2.76 bits per heavy atom. The van der Waals surface area contributed by atoms with Crippen LogP contribution in [0.5, 0.6) is 0 Å². The second-order valence-corrected chi connectivity index (χ2v) is 5.98. The van der Waals surface area contributed by atoms with Crippen molar-refractivity contribution in [2.75, 3.05) is 13.1 Å². The van der Waals surface area contributed by atoms with Crippen LogP contribution in [0.15, 0.2) is 0 Å². The Hall–Kier alpha value is -0.770. The van der Waals surface area contributed by atoms with Crippen LogP contribution in [-0.4, -0.2) is 30.8 Å². The zero-order valence-corrected chi connectivity index (χ0v) is 11.5. The van der Waals surface area contributed by atoms with Crippen LogP contribution < -0.4 is 10.6 Å². The highest BCUT2D eigenvalue weighted by molar-refractivity contribution is 5.67. The first-order valence-corrected chi connectivity index (χ1v) is 6.57. The van der Waals surface area contributed by atoms with Gasteiger partial charge in [0.05, 0.1) is 0 Å². The molecule has 1 fully saturated rings. The van der Waals surface area contributed by atoms with Crippen LogP contribution in [-0.2, 0) is 4.74 Å². The maximum atomic E-state index is 11.5. The van der Waals surface area contributed by atoms with E-state index < -0.39 is 5.60 Å². The van der Waals surface area contributed by atoms with Gasteiger partial charge in [-0.2, -0.15) is 0 Å². The maximum absolute atomic E-state index is 11.5. The van der Waals surface area contributed by atoms with Gasteiger partial charge in [0, 0.05) is 6.04 Å². The summed E-state index contributed by atoms with van der Waals surface area (Å²) in [5.74, 6) is 0.776. The van der Waals surface area contributed by atoms with Crippen molar-refractivity contribution in [3.8, 4) is 0 Å². The normalized spacial score (nSPS) is 22.2. The minimum Gasteiger partial charge on any atom is -0.444 e. The zero-order valence-electron chi connectivity index (χ0n) is 11.5. The minimum absolute atomic E-state index is 0.186. The van der Waals surface area contributed by atoms with Gasteiger partial charge in [-0.25, -0.2) is 4.79 Å². The molecule has 4 nitrogen and oxygen atoms in total. The molecule has 0 spiro atoms. The molecule has 1 rings (SSSR count). The van der Waals surface area contributed by atoms with E-state index in [-0.39, 0.29) is 12.1 Å². The fourth-order valence-electron chi connectivity index (χ4n) is 2.03. The molecule has 2 N–H and O–H groups in total. The van der Waals surface area contributed by atoms with Gasteiger partial charge in [-0.3, -0.25) is 0 Å². The largest absolute Gasteiger partial charge is 0.444 e. The Bertz CT molecular complexity index is 242. The zero-order chi connectivity index (χ0) is 12.9. The van der Waals surface area contributed by atoms with Crippen molar-refractivity contribution in [1.29, 1.82) is 0 Å². The predicted octanol–water partition coefficient (Wildman–Crippen LogP) is 2.29. The molecule has 0 aromatic heterocycles. The number of carbonyl (C=O) groups is 1. The first kappa shape index (κ1) is 14.3. The number of rotatable bonds is 4. The van der Waals surface area contributed by atoms with E-state index in [1.54, 1.807) is 0 Å². The Morgan fingerprint density at radius 1 is 1.53 bits per heavy atom. The summed E-state index contributed by atoms with van der Waals surface area (Å²) in [7, 11) is 0. The van der Waals surface area contributed by atoms with E-state index in [1.165, 1.54) is 12.8 Å². The number of carbonyl (C=O) groups excluding carboxylic acids is 1. The smallest absolute Gasteiger partial charge is 0.407 e. The quantitative estimate of drug-likeness (QED) is 0.795. The monoisotopic (exact) mass is 242 g/mol. The molecular formula is C13H26N2O2. The van der Waals surface area contributed by atoms with Gasteiger partial charge in [0.2, 0.25) is 0 Å². The van der Waals surface area contributed by atoms with Crippen LogP contribution in [0.2, 0.25) is 0 Å². The van der Waals surface area contributed by atoms with E-state index in [1.807, 2.05) is 27.7 Å². The Kier molecular flexibility index (Phi) is 5.25. The van der Waals surface area contributed by atoms with Crippen LogP contribution in [0, 0.1) is 5.92 Å². The summed E-state index contributed by atoms with van der Waals surface area (Å²) >= 11 is 0. The highest BCUT2D eigenvalue weighted by Gasteiger charge is 2.19. The molecule has 0 saturated carbocycles. The summed E-state index contributed by atoms with van der Waals surface area (Å²) in [6, 6.07) is 0.186. The van der Waals surface area contributed by atoms with E-state index in [4.69, 9.17) is 4.74 Å². The lowest BCUT2D eigenvalue weighted by Gasteiger charge is -2.22. The average Bonchev–Trinajstić information content (AvgIpc) is 2.63. The molecule has 2 unspecified atom stereocenters. The van der Waals surface area contributed by atoms with Gasteiger partial charge in [0.25, 0.3) is 0 Å². The van der Waals surface area contributed by atoms with E-state index in [0.717, 1.165) is 25.4 Å². The van der Waals surface area contributed by atoms with Gasteiger partial charge in [0.1, 0.15) is 5.60 Å². The van der Waals surface area contributed by atoms with Gasteiger partial charge in [-0.15, -0.1) is 0 Å². The maximum Gasteiger partial charge on any atom is 0.407 e. The molecule has 100 valence electrons. The molecule has 1 aliphatic heterocycles. The molecule has 1 aliphatic rings. The molecule has 0 radical (unpaired) electrons. The fourth-order valence-corrected chi connectivity index (χ4v) is 2.03. The van der Waals surface area contributed by atoms with E-state index in [9.17, 15) is 4.79 Å². The van der Waals surface area contributed by atoms with E-state index >= 15 is 0 Å². The number of alkyl carbamates (subject to hydrolysis) is 1. The van der Waals surface area contributed by atoms with E-state index in [0.29, 0.717) is 0 Å². The third-order valence-electron chi connectivity index (χ3n) is 2.93. The molecule has 1 heterocycles. The van der Waals surface area contributed by atoms with Crippen LogP contribution in [0.25, 0.3) is 0 Å². The number of hydrogen-bond acceptors (Lipinski definition) is 3. The lowest BCUT2D eigenvalue weighted by molar-refractivity contribution is 0.0505. The van der Waals surface area contributed by atoms with Gasteiger partial charge < -0.3 is 15.4 Å². The summed E-state index contributed by atoms with van der Waals surface area (Å²) in [6.07, 6.45) is 3.14. The van der Waals surface area contributed by atoms with Crippen LogP contribution >= 0.6 is 0 Å². The van der Waals surface area contributed by atoms with Crippen molar-refractivity contribution < 1.29 is 9.53 Å². The summed E-state index contributed by atoms with van der Waals surface area (Å²) < 4.78 is 5.22. The SMILES string of the molecule is CC(CCC1CCNC1)NC(=O)OC(C)(C)C. The Balaban J connectivity index is 2.15. The molecule has 0 bridgehead atoms. The predicted molar refractivity (Wildman–Crippen MR) is 69.0 cm³/mol. The summed E-state index contributed by atoms with van der Waals surface area (Å²) in [5.41, 5.74) is -0.417. The number of hydrogen-bond donors (Lipinski definition) is 2. The second-order valence-electron chi connectivity index (χ2n) is 5.98. The first-order chi connectivity index (χ1) is 7.87. The minimum atomic E-state index is -0.417. The third kappa shape index (κ3) is 6.51. The van der Waals surface area contributed by atoms with Gasteiger partial charge in [-0.1, -0.05) is 0 Å². The third-order valence-corrected chi connectivity index (χ3v) is 2.93. The molecule has 1 amide bonds. The lowest BCUT2D eigenvalue weighted by atomic mass is 10.00. The average molecular weight is 242 g/mol. The number of amides is 1. The Labute approximate surface area is 104 Å². The molecule has 4 heteroatoms. The van der Waals surface area contributed by atoms with Gasteiger partial charge >= 0.3 is 6.09 Å². The number of nitrogens with one attached hydrogen (secondary N) is 2. The standard InChI is InChI=1S/C13H26N2O2/c1-10(5-6-11-7-8-14-9-11)15-12(16)17-13(2,3)4/h10-11,14H,5-9H2,1-4H3,(H,15,16).